The molecule has 1 atom stereocenters. The van der Waals surface area contributed by atoms with Crippen molar-refractivity contribution in [1.82, 2.24) is 10.2 Å². The molecule has 2 aliphatic rings. The SMILES string of the molecule is CCCN1CCCC(NC(=O)c2ccc(N3Cc4ccccc4C3)cc2)C1. The molecule has 2 aromatic rings. The molecule has 4 rings (SSSR count). The fourth-order valence-corrected chi connectivity index (χ4v) is 4.30. The number of benzene rings is 2. The van der Waals surface area contributed by atoms with Crippen molar-refractivity contribution < 1.29 is 4.79 Å². The summed E-state index contributed by atoms with van der Waals surface area (Å²) < 4.78 is 0. The number of carbonyl (C=O) groups excluding carboxylic acids is 1. The Labute approximate surface area is 162 Å². The minimum Gasteiger partial charge on any atom is -0.363 e. The zero-order valence-electron chi connectivity index (χ0n) is 16.2. The molecule has 0 spiro atoms. The number of hydrogen-bond donors (Lipinski definition) is 1. The molecule has 0 bridgehead atoms. The third kappa shape index (κ3) is 4.16. The quantitative estimate of drug-likeness (QED) is 0.877. The Balaban J connectivity index is 1.36. The summed E-state index contributed by atoms with van der Waals surface area (Å²) in [6, 6.07) is 16.9. The van der Waals surface area contributed by atoms with Gasteiger partial charge in [0.2, 0.25) is 0 Å². The number of rotatable bonds is 5. The Bertz CT molecular complexity index is 759. The number of nitrogens with zero attached hydrogens (tertiary/aromatic N) is 2. The summed E-state index contributed by atoms with van der Waals surface area (Å²) in [5.74, 6) is 0.0506. The van der Waals surface area contributed by atoms with Crippen LogP contribution in [0.5, 0.6) is 0 Å². The molecular formula is C23H29N3O. The van der Waals surface area contributed by atoms with Crippen LogP contribution < -0.4 is 10.2 Å². The van der Waals surface area contributed by atoms with Crippen molar-refractivity contribution >= 4 is 11.6 Å². The predicted molar refractivity (Wildman–Crippen MR) is 110 cm³/mol. The van der Waals surface area contributed by atoms with E-state index in [1.54, 1.807) is 0 Å². The summed E-state index contributed by atoms with van der Waals surface area (Å²) >= 11 is 0. The zero-order chi connectivity index (χ0) is 18.6. The van der Waals surface area contributed by atoms with Gasteiger partial charge in [0.1, 0.15) is 0 Å². The van der Waals surface area contributed by atoms with Crippen LogP contribution in [-0.4, -0.2) is 36.5 Å². The first-order valence-electron chi connectivity index (χ1n) is 10.2. The summed E-state index contributed by atoms with van der Waals surface area (Å²) in [5, 5.41) is 3.23. The highest BCUT2D eigenvalue weighted by molar-refractivity contribution is 5.94. The van der Waals surface area contributed by atoms with Gasteiger partial charge in [0.15, 0.2) is 0 Å². The van der Waals surface area contributed by atoms with Crippen molar-refractivity contribution in [3.05, 3.63) is 65.2 Å². The number of carbonyl (C=O) groups is 1. The average Bonchev–Trinajstić information content (AvgIpc) is 3.13. The maximum absolute atomic E-state index is 12.6. The van der Waals surface area contributed by atoms with Gasteiger partial charge >= 0.3 is 0 Å². The van der Waals surface area contributed by atoms with Crippen molar-refractivity contribution in [2.45, 2.75) is 45.3 Å². The van der Waals surface area contributed by atoms with E-state index < -0.39 is 0 Å². The number of nitrogens with one attached hydrogen (secondary N) is 1. The molecule has 4 heteroatoms. The number of amides is 1. The molecule has 4 nitrogen and oxygen atoms in total. The van der Waals surface area contributed by atoms with Crippen LogP contribution in [0.3, 0.4) is 0 Å². The third-order valence-corrected chi connectivity index (χ3v) is 5.72. The van der Waals surface area contributed by atoms with Gasteiger partial charge in [0.25, 0.3) is 5.91 Å². The fraction of sp³-hybridized carbons (Fsp3) is 0.435. The van der Waals surface area contributed by atoms with Gasteiger partial charge in [-0.3, -0.25) is 4.79 Å². The number of anilines is 1. The average molecular weight is 364 g/mol. The smallest absolute Gasteiger partial charge is 0.251 e. The van der Waals surface area contributed by atoms with E-state index in [9.17, 15) is 4.79 Å². The maximum atomic E-state index is 12.6. The minimum atomic E-state index is 0.0506. The zero-order valence-corrected chi connectivity index (χ0v) is 16.2. The molecule has 2 heterocycles. The summed E-state index contributed by atoms with van der Waals surface area (Å²) in [5.41, 5.74) is 4.72. The van der Waals surface area contributed by atoms with E-state index in [4.69, 9.17) is 0 Å². The highest BCUT2D eigenvalue weighted by atomic mass is 16.1. The Morgan fingerprint density at radius 3 is 2.44 bits per heavy atom. The highest BCUT2D eigenvalue weighted by Crippen LogP contribution is 2.28. The second-order valence-electron chi connectivity index (χ2n) is 7.78. The summed E-state index contributed by atoms with van der Waals surface area (Å²) in [6.45, 7) is 7.35. The number of likely N-dealkylation sites (tertiary alicyclic amines) is 1. The first kappa shape index (κ1) is 18.1. The summed E-state index contributed by atoms with van der Waals surface area (Å²) in [6.07, 6.45) is 3.41. The summed E-state index contributed by atoms with van der Waals surface area (Å²) in [4.78, 5) is 17.5. The third-order valence-electron chi connectivity index (χ3n) is 5.72. The Kier molecular flexibility index (Phi) is 5.44. The lowest BCUT2D eigenvalue weighted by atomic mass is 10.0. The van der Waals surface area contributed by atoms with Gasteiger partial charge in [-0.05, 0) is 67.7 Å². The second-order valence-corrected chi connectivity index (χ2v) is 7.78. The summed E-state index contributed by atoms with van der Waals surface area (Å²) in [7, 11) is 0. The molecule has 2 aliphatic heterocycles. The first-order valence-corrected chi connectivity index (χ1v) is 10.2. The van der Waals surface area contributed by atoms with Gasteiger partial charge in [0, 0.05) is 36.9 Å². The number of piperidine rings is 1. The largest absolute Gasteiger partial charge is 0.363 e. The van der Waals surface area contributed by atoms with Gasteiger partial charge in [-0.1, -0.05) is 31.2 Å². The maximum Gasteiger partial charge on any atom is 0.251 e. The van der Waals surface area contributed by atoms with Crippen molar-refractivity contribution in [3.8, 4) is 0 Å². The Morgan fingerprint density at radius 2 is 1.78 bits per heavy atom. The van der Waals surface area contributed by atoms with E-state index in [1.165, 1.54) is 29.7 Å². The second kappa shape index (κ2) is 8.13. The normalized spacial score (nSPS) is 19.7. The van der Waals surface area contributed by atoms with E-state index >= 15 is 0 Å². The predicted octanol–water partition coefficient (Wildman–Crippen LogP) is 3.81. The standard InChI is InChI=1S/C23H29N3O/c1-2-13-25-14-5-8-21(17-25)24-23(27)18-9-11-22(12-10-18)26-15-19-6-3-4-7-20(19)16-26/h3-4,6-7,9-12,21H,2,5,8,13-17H2,1H3,(H,24,27). The molecule has 1 fully saturated rings. The van der Waals surface area contributed by atoms with Crippen LogP contribution in [0.2, 0.25) is 0 Å². The lowest BCUT2D eigenvalue weighted by Gasteiger charge is -2.32. The molecule has 0 saturated carbocycles. The molecule has 1 N–H and O–H groups in total. The molecule has 142 valence electrons. The van der Waals surface area contributed by atoms with Crippen LogP contribution in [0.4, 0.5) is 5.69 Å². The molecule has 1 unspecified atom stereocenters. The van der Waals surface area contributed by atoms with Gasteiger partial charge in [-0.25, -0.2) is 0 Å². The van der Waals surface area contributed by atoms with Gasteiger partial charge in [-0.2, -0.15) is 0 Å². The molecule has 0 aliphatic carbocycles. The lowest BCUT2D eigenvalue weighted by Crippen LogP contribution is -2.47. The van der Waals surface area contributed by atoms with E-state index in [-0.39, 0.29) is 11.9 Å². The molecule has 1 amide bonds. The Hall–Kier alpha value is -2.33. The highest BCUT2D eigenvalue weighted by Gasteiger charge is 2.22. The van der Waals surface area contributed by atoms with Crippen LogP contribution in [0.15, 0.2) is 48.5 Å². The van der Waals surface area contributed by atoms with Gasteiger partial charge in [-0.15, -0.1) is 0 Å². The first-order chi connectivity index (χ1) is 13.2. The van der Waals surface area contributed by atoms with E-state index in [0.717, 1.165) is 44.7 Å². The van der Waals surface area contributed by atoms with Crippen LogP contribution >= 0.6 is 0 Å². The molecule has 2 aromatic carbocycles. The number of hydrogen-bond acceptors (Lipinski definition) is 3. The van der Waals surface area contributed by atoms with E-state index in [0.29, 0.717) is 0 Å². The van der Waals surface area contributed by atoms with Crippen molar-refractivity contribution in [2.24, 2.45) is 0 Å². The lowest BCUT2D eigenvalue weighted by molar-refractivity contribution is 0.0904. The van der Waals surface area contributed by atoms with Crippen molar-refractivity contribution in [1.29, 1.82) is 0 Å². The van der Waals surface area contributed by atoms with E-state index in [2.05, 4.69) is 58.4 Å². The molecule has 0 radical (unpaired) electrons. The monoisotopic (exact) mass is 363 g/mol. The molecule has 0 aromatic heterocycles. The Morgan fingerprint density at radius 1 is 1.07 bits per heavy atom. The number of fused-ring (bicyclic) bond motifs is 1. The molecule has 27 heavy (non-hydrogen) atoms. The van der Waals surface area contributed by atoms with Crippen molar-refractivity contribution in [2.75, 3.05) is 24.5 Å². The van der Waals surface area contributed by atoms with Gasteiger partial charge < -0.3 is 15.1 Å². The minimum absolute atomic E-state index is 0.0506. The van der Waals surface area contributed by atoms with Gasteiger partial charge in [0.05, 0.1) is 0 Å². The van der Waals surface area contributed by atoms with Crippen LogP contribution in [0.1, 0.15) is 47.7 Å². The fourth-order valence-electron chi connectivity index (χ4n) is 4.30. The topological polar surface area (TPSA) is 35.6 Å². The van der Waals surface area contributed by atoms with Crippen LogP contribution in [0, 0.1) is 0 Å². The van der Waals surface area contributed by atoms with E-state index in [1.807, 2.05) is 12.1 Å². The van der Waals surface area contributed by atoms with Crippen LogP contribution in [0.25, 0.3) is 0 Å². The van der Waals surface area contributed by atoms with Crippen molar-refractivity contribution in [3.63, 3.8) is 0 Å². The molecular weight excluding hydrogens is 334 g/mol. The van der Waals surface area contributed by atoms with Crippen LogP contribution in [-0.2, 0) is 13.1 Å². The molecule has 1 saturated heterocycles.